The Labute approximate surface area is 73.8 Å². The van der Waals surface area contributed by atoms with Gasteiger partial charge in [0.15, 0.2) is 0 Å². The lowest BCUT2D eigenvalue weighted by molar-refractivity contribution is 0.853. The number of nitrogens with one attached hydrogen (secondary N) is 1. The smallest absolute Gasteiger partial charge is 0.262 e. The molecule has 0 aliphatic heterocycles. The molecular weight excluding hydrogens is 206 g/mol. The van der Waals surface area contributed by atoms with Crippen LogP contribution in [0.2, 0.25) is 0 Å². The van der Waals surface area contributed by atoms with Crippen LogP contribution in [0.5, 0.6) is 0 Å². The van der Waals surface area contributed by atoms with Crippen molar-refractivity contribution in [1.29, 1.82) is 0 Å². The van der Waals surface area contributed by atoms with Crippen molar-refractivity contribution in [3.05, 3.63) is 32.7 Å². The first-order valence-electron chi connectivity index (χ1n) is 3.49. The average molecular weight is 216 g/mol. The third kappa shape index (κ3) is 1.93. The van der Waals surface area contributed by atoms with Crippen molar-refractivity contribution in [3.63, 3.8) is 0 Å². The van der Waals surface area contributed by atoms with Gasteiger partial charge in [-0.3, -0.25) is 4.79 Å². The van der Waals surface area contributed by atoms with E-state index in [1.165, 1.54) is 0 Å². The van der Waals surface area contributed by atoms with Crippen LogP contribution in [0.15, 0.2) is 21.5 Å². The van der Waals surface area contributed by atoms with E-state index in [1.807, 2.05) is 6.07 Å². The number of aromatic nitrogens is 1. The van der Waals surface area contributed by atoms with Crippen molar-refractivity contribution in [3.8, 4) is 0 Å². The SMILES string of the molecule is CC(C)c1c[nH]c(=O)c(Br)c1. The van der Waals surface area contributed by atoms with Gasteiger partial charge in [0, 0.05) is 6.20 Å². The summed E-state index contributed by atoms with van der Waals surface area (Å²) < 4.78 is 0.601. The summed E-state index contributed by atoms with van der Waals surface area (Å²) in [5, 5.41) is 0. The van der Waals surface area contributed by atoms with Crippen molar-refractivity contribution in [2.45, 2.75) is 19.8 Å². The zero-order valence-corrected chi connectivity index (χ0v) is 8.10. The van der Waals surface area contributed by atoms with Gasteiger partial charge < -0.3 is 4.98 Å². The summed E-state index contributed by atoms with van der Waals surface area (Å²) in [5.74, 6) is 0.447. The Bertz CT molecular complexity index is 303. The first kappa shape index (κ1) is 8.53. The van der Waals surface area contributed by atoms with Crippen LogP contribution in [-0.4, -0.2) is 4.98 Å². The van der Waals surface area contributed by atoms with Crippen molar-refractivity contribution in [1.82, 2.24) is 4.98 Å². The topological polar surface area (TPSA) is 32.9 Å². The molecule has 0 aliphatic carbocycles. The van der Waals surface area contributed by atoms with E-state index in [4.69, 9.17) is 0 Å². The molecule has 3 heteroatoms. The van der Waals surface area contributed by atoms with Crippen molar-refractivity contribution >= 4 is 15.9 Å². The van der Waals surface area contributed by atoms with E-state index in [1.54, 1.807) is 6.20 Å². The third-order valence-electron chi connectivity index (χ3n) is 1.55. The monoisotopic (exact) mass is 215 g/mol. The summed E-state index contributed by atoms with van der Waals surface area (Å²) in [6.45, 7) is 4.17. The number of aromatic amines is 1. The molecular formula is C8H10BrNO. The maximum atomic E-state index is 10.9. The number of H-pyrrole nitrogens is 1. The highest BCUT2D eigenvalue weighted by atomic mass is 79.9. The molecule has 0 saturated carbocycles. The lowest BCUT2D eigenvalue weighted by atomic mass is 10.1. The van der Waals surface area contributed by atoms with Gasteiger partial charge in [-0.1, -0.05) is 13.8 Å². The highest BCUT2D eigenvalue weighted by Crippen LogP contribution is 2.14. The van der Waals surface area contributed by atoms with E-state index in [9.17, 15) is 4.79 Å². The molecule has 0 bridgehead atoms. The minimum atomic E-state index is -0.0746. The van der Waals surface area contributed by atoms with Gasteiger partial charge in [-0.05, 0) is 33.5 Å². The summed E-state index contributed by atoms with van der Waals surface area (Å²) >= 11 is 3.17. The highest BCUT2D eigenvalue weighted by Gasteiger charge is 2.00. The molecule has 0 aliphatic rings. The molecule has 0 fully saturated rings. The summed E-state index contributed by atoms with van der Waals surface area (Å²) in [5.41, 5.74) is 1.06. The fraction of sp³-hybridized carbons (Fsp3) is 0.375. The van der Waals surface area contributed by atoms with E-state index >= 15 is 0 Å². The summed E-state index contributed by atoms with van der Waals surface area (Å²) in [6, 6.07) is 1.85. The maximum absolute atomic E-state index is 10.9. The first-order valence-corrected chi connectivity index (χ1v) is 4.28. The maximum Gasteiger partial charge on any atom is 0.262 e. The number of rotatable bonds is 1. The molecule has 0 radical (unpaired) electrons. The average Bonchev–Trinajstić information content (AvgIpc) is 1.94. The fourth-order valence-corrected chi connectivity index (χ4v) is 1.18. The Morgan fingerprint density at radius 1 is 1.55 bits per heavy atom. The van der Waals surface area contributed by atoms with Gasteiger partial charge in [-0.2, -0.15) is 0 Å². The van der Waals surface area contributed by atoms with Crippen LogP contribution in [-0.2, 0) is 0 Å². The predicted molar refractivity (Wildman–Crippen MR) is 48.9 cm³/mol. The molecule has 0 amide bonds. The zero-order chi connectivity index (χ0) is 8.43. The van der Waals surface area contributed by atoms with Crippen LogP contribution in [0, 0.1) is 0 Å². The molecule has 11 heavy (non-hydrogen) atoms. The molecule has 0 spiro atoms. The summed E-state index contributed by atoms with van der Waals surface area (Å²) in [4.78, 5) is 13.5. The molecule has 0 atom stereocenters. The molecule has 1 heterocycles. The number of halogens is 1. The van der Waals surface area contributed by atoms with E-state index < -0.39 is 0 Å². The lowest BCUT2D eigenvalue weighted by Gasteiger charge is -2.03. The van der Waals surface area contributed by atoms with Crippen molar-refractivity contribution in [2.24, 2.45) is 0 Å². The Balaban J connectivity index is 3.15. The van der Waals surface area contributed by atoms with Crippen molar-refractivity contribution < 1.29 is 0 Å². The molecule has 1 aromatic rings. The van der Waals surface area contributed by atoms with Crippen LogP contribution in [0.4, 0.5) is 0 Å². The van der Waals surface area contributed by atoms with Crippen LogP contribution in [0.1, 0.15) is 25.3 Å². The van der Waals surface area contributed by atoms with E-state index in [0.29, 0.717) is 10.4 Å². The van der Waals surface area contributed by atoms with E-state index in [-0.39, 0.29) is 5.56 Å². The predicted octanol–water partition coefficient (Wildman–Crippen LogP) is 2.26. The first-order chi connectivity index (χ1) is 5.11. The fourth-order valence-electron chi connectivity index (χ4n) is 0.805. The van der Waals surface area contributed by atoms with Gasteiger partial charge in [0.25, 0.3) is 5.56 Å². The van der Waals surface area contributed by atoms with Gasteiger partial charge >= 0.3 is 0 Å². The number of hydrogen-bond donors (Lipinski definition) is 1. The van der Waals surface area contributed by atoms with Crippen LogP contribution in [0.25, 0.3) is 0 Å². The molecule has 2 nitrogen and oxygen atoms in total. The quantitative estimate of drug-likeness (QED) is 0.767. The molecule has 1 N–H and O–H groups in total. The second-order valence-electron chi connectivity index (χ2n) is 2.76. The largest absolute Gasteiger partial charge is 0.328 e. The Kier molecular flexibility index (Phi) is 2.49. The Morgan fingerprint density at radius 2 is 2.18 bits per heavy atom. The molecule has 0 unspecified atom stereocenters. The van der Waals surface area contributed by atoms with E-state index in [2.05, 4.69) is 34.8 Å². The van der Waals surface area contributed by atoms with Gasteiger partial charge in [-0.15, -0.1) is 0 Å². The second kappa shape index (κ2) is 3.22. The lowest BCUT2D eigenvalue weighted by Crippen LogP contribution is -2.06. The number of pyridine rings is 1. The zero-order valence-electron chi connectivity index (χ0n) is 6.52. The second-order valence-corrected chi connectivity index (χ2v) is 3.62. The third-order valence-corrected chi connectivity index (χ3v) is 2.14. The minimum absolute atomic E-state index is 0.0746. The normalized spacial score (nSPS) is 10.5. The minimum Gasteiger partial charge on any atom is -0.328 e. The molecule has 0 aromatic carbocycles. The molecule has 1 rings (SSSR count). The van der Waals surface area contributed by atoms with Crippen LogP contribution in [0.3, 0.4) is 0 Å². The highest BCUT2D eigenvalue weighted by molar-refractivity contribution is 9.10. The molecule has 1 aromatic heterocycles. The van der Waals surface area contributed by atoms with Crippen LogP contribution >= 0.6 is 15.9 Å². The van der Waals surface area contributed by atoms with Gasteiger partial charge in [-0.25, -0.2) is 0 Å². The summed E-state index contributed by atoms with van der Waals surface area (Å²) in [7, 11) is 0. The molecule has 60 valence electrons. The van der Waals surface area contributed by atoms with Crippen molar-refractivity contribution in [2.75, 3.05) is 0 Å². The van der Waals surface area contributed by atoms with Gasteiger partial charge in [0.1, 0.15) is 0 Å². The van der Waals surface area contributed by atoms with E-state index in [0.717, 1.165) is 5.56 Å². The molecule has 0 saturated heterocycles. The van der Waals surface area contributed by atoms with Gasteiger partial charge in [0.2, 0.25) is 0 Å². The summed E-state index contributed by atoms with van der Waals surface area (Å²) in [6.07, 6.45) is 1.75. The van der Waals surface area contributed by atoms with Gasteiger partial charge in [0.05, 0.1) is 4.47 Å². The Hall–Kier alpha value is -0.570. The standard InChI is InChI=1S/C8H10BrNO/c1-5(2)6-3-7(9)8(11)10-4-6/h3-5H,1-2H3,(H,10,11). The number of hydrogen-bond acceptors (Lipinski definition) is 1. The Morgan fingerprint density at radius 3 is 2.64 bits per heavy atom. The van der Waals surface area contributed by atoms with Crippen LogP contribution < -0.4 is 5.56 Å².